The van der Waals surface area contributed by atoms with Gasteiger partial charge in [-0.25, -0.2) is 0 Å². The van der Waals surface area contributed by atoms with Gasteiger partial charge in [-0.3, -0.25) is 14.5 Å². The van der Waals surface area contributed by atoms with E-state index < -0.39 is 24.2 Å². The van der Waals surface area contributed by atoms with Crippen molar-refractivity contribution in [2.24, 2.45) is 17.8 Å². The van der Waals surface area contributed by atoms with Crippen molar-refractivity contribution in [3.8, 4) is 0 Å². The first-order valence-corrected chi connectivity index (χ1v) is 15.9. The van der Waals surface area contributed by atoms with E-state index in [0.717, 1.165) is 29.7 Å². The third-order valence-corrected chi connectivity index (χ3v) is 9.50. The molecule has 7 nitrogen and oxygen atoms in total. The second-order valence-corrected chi connectivity index (χ2v) is 14.0. The molecule has 0 radical (unpaired) electrons. The number of amides is 2. The zero-order valence-electron chi connectivity index (χ0n) is 25.5. The summed E-state index contributed by atoms with van der Waals surface area (Å²) >= 11 is 0. The van der Waals surface area contributed by atoms with Crippen LogP contribution in [0.5, 0.6) is 0 Å². The molecule has 7 atom stereocenters. The van der Waals surface area contributed by atoms with E-state index in [1.165, 1.54) is 25.7 Å². The Morgan fingerprint density at radius 1 is 1.00 bits per heavy atom. The van der Waals surface area contributed by atoms with Gasteiger partial charge in [0, 0.05) is 31.0 Å². The van der Waals surface area contributed by atoms with Crippen LogP contribution in [0, 0.1) is 17.8 Å². The average molecular weight is 576 g/mol. The SMILES string of the molecule is CC(C)(C)NC(=O)[C@@H]1C[C@@H]2CCCC[C@@H]2CN1C[C@@H](O)C[C@H](Cc1ccccc1)C(=O)N[C@H]1c2ccccc2C[C@H]1O. The Hall–Kier alpha value is -2.74. The van der Waals surface area contributed by atoms with Crippen molar-refractivity contribution >= 4 is 11.8 Å². The van der Waals surface area contributed by atoms with Crippen molar-refractivity contribution in [3.63, 3.8) is 0 Å². The number of fused-ring (bicyclic) bond motifs is 2. The van der Waals surface area contributed by atoms with Crippen LogP contribution < -0.4 is 10.6 Å². The highest BCUT2D eigenvalue weighted by Crippen LogP contribution is 2.39. The Balaban J connectivity index is 1.30. The summed E-state index contributed by atoms with van der Waals surface area (Å²) in [6, 6.07) is 17.0. The molecule has 4 N–H and O–H groups in total. The van der Waals surface area contributed by atoms with E-state index in [0.29, 0.717) is 31.2 Å². The molecule has 1 heterocycles. The predicted molar refractivity (Wildman–Crippen MR) is 165 cm³/mol. The molecule has 2 aromatic rings. The number of nitrogens with zero attached hydrogens (tertiary/aromatic N) is 1. The highest BCUT2D eigenvalue weighted by Gasteiger charge is 2.41. The summed E-state index contributed by atoms with van der Waals surface area (Å²) in [5.74, 6) is 0.506. The molecular weight excluding hydrogens is 526 g/mol. The quantitative estimate of drug-likeness (QED) is 0.360. The number of aliphatic hydroxyl groups excluding tert-OH is 2. The summed E-state index contributed by atoms with van der Waals surface area (Å²) in [6.07, 6.45) is 5.48. The zero-order chi connectivity index (χ0) is 29.9. The van der Waals surface area contributed by atoms with Crippen LogP contribution in [-0.2, 0) is 22.4 Å². The normalized spacial score (nSPS) is 27.4. The van der Waals surface area contributed by atoms with Gasteiger partial charge in [-0.2, -0.15) is 0 Å². The summed E-state index contributed by atoms with van der Waals surface area (Å²) in [6.45, 7) is 7.18. The number of carbonyl (C=O) groups excluding carboxylic acids is 2. The van der Waals surface area contributed by atoms with Crippen LogP contribution in [0.3, 0.4) is 0 Å². The van der Waals surface area contributed by atoms with Crippen LogP contribution in [0.2, 0.25) is 0 Å². The molecule has 1 saturated heterocycles. The molecular formula is C35H49N3O4. The smallest absolute Gasteiger partial charge is 0.237 e. The maximum absolute atomic E-state index is 13.8. The monoisotopic (exact) mass is 575 g/mol. The van der Waals surface area contributed by atoms with Gasteiger partial charge in [0.15, 0.2) is 0 Å². The number of piperidine rings is 1. The largest absolute Gasteiger partial charge is 0.392 e. The Bertz CT molecular complexity index is 1210. The Labute approximate surface area is 251 Å². The molecule has 2 aromatic carbocycles. The fourth-order valence-electron chi connectivity index (χ4n) is 7.50. The van der Waals surface area contributed by atoms with Crippen LogP contribution in [0.15, 0.2) is 54.6 Å². The summed E-state index contributed by atoms with van der Waals surface area (Å²) in [5.41, 5.74) is 2.72. The first kappa shape index (κ1) is 30.7. The van der Waals surface area contributed by atoms with Gasteiger partial charge < -0.3 is 20.8 Å². The fourth-order valence-corrected chi connectivity index (χ4v) is 7.50. The first-order valence-electron chi connectivity index (χ1n) is 15.9. The lowest BCUT2D eigenvalue weighted by Crippen LogP contribution is -2.58. The molecule has 0 aromatic heterocycles. The molecule has 7 heteroatoms. The second-order valence-electron chi connectivity index (χ2n) is 14.0. The van der Waals surface area contributed by atoms with Crippen LogP contribution in [0.25, 0.3) is 0 Å². The van der Waals surface area contributed by atoms with Gasteiger partial charge in [0.25, 0.3) is 0 Å². The van der Waals surface area contributed by atoms with Crippen molar-refractivity contribution < 1.29 is 19.8 Å². The first-order chi connectivity index (χ1) is 20.1. The third-order valence-electron chi connectivity index (χ3n) is 9.50. The lowest BCUT2D eigenvalue weighted by atomic mass is 9.72. The minimum atomic E-state index is -0.768. The number of benzene rings is 2. The molecule has 2 aliphatic carbocycles. The summed E-state index contributed by atoms with van der Waals surface area (Å²) in [5, 5.41) is 28.6. The van der Waals surface area contributed by atoms with Crippen LogP contribution >= 0.6 is 0 Å². The van der Waals surface area contributed by atoms with Gasteiger partial charge in [-0.15, -0.1) is 0 Å². The summed E-state index contributed by atoms with van der Waals surface area (Å²) < 4.78 is 0. The Morgan fingerprint density at radius 2 is 1.69 bits per heavy atom. The maximum Gasteiger partial charge on any atom is 0.237 e. The Morgan fingerprint density at radius 3 is 2.43 bits per heavy atom. The van der Waals surface area contributed by atoms with E-state index in [9.17, 15) is 19.8 Å². The number of β-amino-alcohol motifs (C(OH)–C–C–N with tert-alkyl or cyclic N) is 1. The number of hydrogen-bond donors (Lipinski definition) is 4. The molecule has 42 heavy (non-hydrogen) atoms. The van der Waals surface area contributed by atoms with Crippen molar-refractivity contribution in [3.05, 3.63) is 71.3 Å². The minimum absolute atomic E-state index is 0.0335. The van der Waals surface area contributed by atoms with E-state index in [1.807, 2.05) is 75.4 Å². The molecule has 5 rings (SSSR count). The number of carbonyl (C=O) groups is 2. The molecule has 228 valence electrons. The Kier molecular flexibility index (Phi) is 9.70. The minimum Gasteiger partial charge on any atom is -0.392 e. The van der Waals surface area contributed by atoms with Crippen molar-refractivity contribution in [1.29, 1.82) is 0 Å². The van der Waals surface area contributed by atoms with Crippen LogP contribution in [0.4, 0.5) is 0 Å². The number of aliphatic hydroxyl groups is 2. The molecule has 1 saturated carbocycles. The molecule has 0 unspecified atom stereocenters. The number of hydrogen-bond acceptors (Lipinski definition) is 5. The number of nitrogens with one attached hydrogen (secondary N) is 2. The van der Waals surface area contributed by atoms with Crippen molar-refractivity contribution in [2.45, 2.75) is 102 Å². The van der Waals surface area contributed by atoms with Gasteiger partial charge in [-0.05, 0) is 75.0 Å². The predicted octanol–water partition coefficient (Wildman–Crippen LogP) is 4.17. The summed E-state index contributed by atoms with van der Waals surface area (Å²) in [7, 11) is 0. The molecule has 2 fully saturated rings. The second kappa shape index (κ2) is 13.3. The van der Waals surface area contributed by atoms with Gasteiger partial charge in [0.2, 0.25) is 11.8 Å². The molecule has 0 bridgehead atoms. The molecule has 3 aliphatic rings. The van der Waals surface area contributed by atoms with Gasteiger partial charge in [-0.1, -0.05) is 73.9 Å². The van der Waals surface area contributed by atoms with Gasteiger partial charge in [0.05, 0.1) is 24.3 Å². The zero-order valence-corrected chi connectivity index (χ0v) is 25.5. The number of rotatable bonds is 9. The van der Waals surface area contributed by atoms with Crippen LogP contribution in [-0.4, -0.2) is 63.8 Å². The van der Waals surface area contributed by atoms with E-state index in [-0.39, 0.29) is 29.8 Å². The average Bonchev–Trinajstić information content (AvgIpc) is 3.26. The molecule has 0 spiro atoms. The van der Waals surface area contributed by atoms with Gasteiger partial charge >= 0.3 is 0 Å². The van der Waals surface area contributed by atoms with Crippen LogP contribution in [0.1, 0.15) is 82.0 Å². The lowest BCUT2D eigenvalue weighted by molar-refractivity contribution is -0.133. The van der Waals surface area contributed by atoms with E-state index in [2.05, 4.69) is 15.5 Å². The highest BCUT2D eigenvalue weighted by molar-refractivity contribution is 5.82. The van der Waals surface area contributed by atoms with Crippen molar-refractivity contribution in [1.82, 2.24) is 15.5 Å². The molecule has 1 aliphatic heterocycles. The maximum atomic E-state index is 13.8. The summed E-state index contributed by atoms with van der Waals surface area (Å²) in [4.78, 5) is 29.4. The topological polar surface area (TPSA) is 102 Å². The van der Waals surface area contributed by atoms with E-state index in [4.69, 9.17) is 0 Å². The van der Waals surface area contributed by atoms with E-state index in [1.54, 1.807) is 0 Å². The third kappa shape index (κ3) is 7.61. The van der Waals surface area contributed by atoms with Crippen molar-refractivity contribution in [2.75, 3.05) is 13.1 Å². The highest BCUT2D eigenvalue weighted by atomic mass is 16.3. The number of likely N-dealkylation sites (tertiary alicyclic amines) is 1. The van der Waals surface area contributed by atoms with E-state index >= 15 is 0 Å². The standard InChI is InChI=1S/C35H49N3O4/c1-35(2,3)37-34(42)30-19-24-13-7-8-15-26(24)21-38(30)22-28(39)18-27(17-23-11-5-4-6-12-23)33(41)36-32-29-16-10-9-14-25(29)20-31(32)40/h4-6,9-12,14,16,24,26-28,30-32,39-40H,7-8,13,15,17-22H2,1-3H3,(H,36,41)(H,37,42)/t24-,26+,27-,28-,30-,31+,32-/m0/s1. The molecule has 2 amide bonds. The van der Waals surface area contributed by atoms with Gasteiger partial charge in [0.1, 0.15) is 0 Å². The fraction of sp³-hybridized carbons (Fsp3) is 0.600. The lowest BCUT2D eigenvalue weighted by Gasteiger charge is -2.46.